The first-order chi connectivity index (χ1) is 7.43. The number of benzene rings is 1. The molecule has 0 aliphatic carbocycles. The third-order valence-electron chi connectivity index (χ3n) is 2.37. The maximum absolute atomic E-state index is 11.3. The first-order valence-electron chi connectivity index (χ1n) is 4.88. The first kappa shape index (κ1) is 12.7. The van der Waals surface area contributed by atoms with E-state index in [9.17, 15) is 9.59 Å². The molecule has 16 heavy (non-hydrogen) atoms. The monoisotopic (exact) mass is 240 g/mol. The molecule has 0 aliphatic heterocycles. The highest BCUT2D eigenvalue weighted by atomic mass is 35.5. The van der Waals surface area contributed by atoms with Crippen LogP contribution < -0.4 is 0 Å². The van der Waals surface area contributed by atoms with Gasteiger partial charge in [-0.1, -0.05) is 18.2 Å². The largest absolute Gasteiger partial charge is 0.481 e. The molecule has 1 aromatic carbocycles. The summed E-state index contributed by atoms with van der Waals surface area (Å²) in [4.78, 5) is 22.0. The minimum atomic E-state index is -0.931. The van der Waals surface area contributed by atoms with Gasteiger partial charge in [0.2, 0.25) is 0 Å². The van der Waals surface area contributed by atoms with Gasteiger partial charge in [-0.25, -0.2) is 0 Å². The zero-order chi connectivity index (χ0) is 12.3. The number of hydrogen-bond donors (Lipinski definition) is 1. The summed E-state index contributed by atoms with van der Waals surface area (Å²) >= 11 is 5.99. The van der Waals surface area contributed by atoms with Crippen molar-refractivity contribution in [3.8, 4) is 0 Å². The normalized spacial score (nSPS) is 12.2. The number of carboxylic acid groups (broad SMARTS) is 1. The molecule has 0 heterocycles. The summed E-state index contributed by atoms with van der Waals surface area (Å²) in [6.07, 6.45) is -0.118. The molecule has 1 N–H and O–H groups in total. The fraction of sp³-hybridized carbons (Fsp3) is 0.333. The van der Waals surface area contributed by atoms with Crippen molar-refractivity contribution in [2.45, 2.75) is 25.6 Å². The average Bonchev–Trinajstić information content (AvgIpc) is 2.16. The average molecular weight is 241 g/mol. The van der Waals surface area contributed by atoms with Crippen molar-refractivity contribution in [3.05, 3.63) is 34.9 Å². The molecule has 0 saturated heterocycles. The van der Waals surface area contributed by atoms with Gasteiger partial charge in [0, 0.05) is 0 Å². The van der Waals surface area contributed by atoms with Gasteiger partial charge in [0.25, 0.3) is 0 Å². The summed E-state index contributed by atoms with van der Waals surface area (Å²) in [5.74, 6) is -1.11. The minimum absolute atomic E-state index is 0.118. The van der Waals surface area contributed by atoms with Crippen LogP contribution in [-0.4, -0.2) is 16.9 Å². The molecule has 1 atom stereocenters. The molecule has 0 saturated carbocycles. The number of carbonyl (C=O) groups is 2. The van der Waals surface area contributed by atoms with Crippen LogP contribution >= 0.6 is 11.6 Å². The molecule has 3 nitrogen and oxygen atoms in total. The summed E-state index contributed by atoms with van der Waals surface area (Å²) in [5.41, 5.74) is 2.07. The highest BCUT2D eigenvalue weighted by Gasteiger charge is 2.20. The van der Waals surface area contributed by atoms with Crippen LogP contribution in [0.2, 0.25) is 0 Å². The van der Waals surface area contributed by atoms with E-state index in [-0.39, 0.29) is 12.2 Å². The lowest BCUT2D eigenvalue weighted by Crippen LogP contribution is -2.10. The second kappa shape index (κ2) is 5.12. The fourth-order valence-corrected chi connectivity index (χ4v) is 1.94. The standard InChI is InChI=1S/C12H13ClO3/c1-7-4-3-5-9(6-10(15)16)11(7)12(13)8(2)14/h3-5,12H,6H2,1-2H3,(H,15,16). The van der Waals surface area contributed by atoms with Crippen LogP contribution in [0, 0.1) is 6.92 Å². The van der Waals surface area contributed by atoms with E-state index in [0.717, 1.165) is 5.56 Å². The Morgan fingerprint density at radius 3 is 2.56 bits per heavy atom. The summed E-state index contributed by atoms with van der Waals surface area (Å²) in [6, 6.07) is 5.27. The number of ketones is 1. The van der Waals surface area contributed by atoms with Crippen LogP contribution in [0.25, 0.3) is 0 Å². The summed E-state index contributed by atoms with van der Waals surface area (Å²) < 4.78 is 0. The lowest BCUT2D eigenvalue weighted by molar-refractivity contribution is -0.136. The van der Waals surface area contributed by atoms with Crippen molar-refractivity contribution in [1.29, 1.82) is 0 Å². The highest BCUT2D eigenvalue weighted by Crippen LogP contribution is 2.28. The van der Waals surface area contributed by atoms with Crippen LogP contribution in [0.3, 0.4) is 0 Å². The van der Waals surface area contributed by atoms with Gasteiger partial charge in [-0.2, -0.15) is 0 Å². The Kier molecular flexibility index (Phi) is 4.07. The number of carbonyl (C=O) groups excluding carboxylic acids is 1. The van der Waals surface area contributed by atoms with Gasteiger partial charge in [-0.15, -0.1) is 11.6 Å². The second-order valence-corrected chi connectivity index (χ2v) is 4.13. The highest BCUT2D eigenvalue weighted by molar-refractivity contribution is 6.31. The summed E-state index contributed by atoms with van der Waals surface area (Å²) in [5, 5.41) is 8.01. The fourth-order valence-electron chi connectivity index (χ4n) is 1.62. The lowest BCUT2D eigenvalue weighted by Gasteiger charge is -2.14. The molecule has 0 fully saturated rings. The minimum Gasteiger partial charge on any atom is -0.481 e. The molecule has 0 aromatic heterocycles. The van der Waals surface area contributed by atoms with E-state index in [4.69, 9.17) is 16.7 Å². The second-order valence-electron chi connectivity index (χ2n) is 3.69. The molecule has 0 spiro atoms. The van der Waals surface area contributed by atoms with Crippen molar-refractivity contribution in [1.82, 2.24) is 0 Å². The SMILES string of the molecule is CC(=O)C(Cl)c1c(C)cccc1CC(=O)O. The van der Waals surface area contributed by atoms with Crippen molar-refractivity contribution in [2.24, 2.45) is 0 Å². The van der Waals surface area contributed by atoms with Gasteiger partial charge in [-0.3, -0.25) is 9.59 Å². The zero-order valence-electron chi connectivity index (χ0n) is 9.16. The number of Topliss-reactive ketones (excluding diaryl/α,β-unsaturated/α-hetero) is 1. The van der Waals surface area contributed by atoms with Gasteiger partial charge in [-0.05, 0) is 30.5 Å². The predicted octanol–water partition coefficient (Wildman–Crippen LogP) is 2.49. The molecule has 0 aliphatic rings. The number of carboxylic acids is 1. The number of aryl methyl sites for hydroxylation is 1. The van der Waals surface area contributed by atoms with Crippen LogP contribution in [0.1, 0.15) is 29.0 Å². The Labute approximate surface area is 99.0 Å². The topological polar surface area (TPSA) is 54.4 Å². The Morgan fingerprint density at radius 1 is 1.44 bits per heavy atom. The number of hydrogen-bond acceptors (Lipinski definition) is 2. The lowest BCUT2D eigenvalue weighted by atomic mass is 9.95. The van der Waals surface area contributed by atoms with Crippen LogP contribution in [0.4, 0.5) is 0 Å². The van der Waals surface area contributed by atoms with Crippen molar-refractivity contribution >= 4 is 23.4 Å². The summed E-state index contributed by atoms with van der Waals surface area (Å²) in [6.45, 7) is 3.22. The van der Waals surface area contributed by atoms with Gasteiger partial charge in [0.15, 0.2) is 5.78 Å². The zero-order valence-corrected chi connectivity index (χ0v) is 9.91. The van der Waals surface area contributed by atoms with Crippen LogP contribution in [-0.2, 0) is 16.0 Å². The van der Waals surface area contributed by atoms with E-state index in [2.05, 4.69) is 0 Å². The molecule has 1 aromatic rings. The molecule has 1 rings (SSSR count). The van der Waals surface area contributed by atoms with Gasteiger partial charge < -0.3 is 5.11 Å². The maximum atomic E-state index is 11.3. The van der Waals surface area contributed by atoms with E-state index >= 15 is 0 Å². The number of alkyl halides is 1. The Morgan fingerprint density at radius 2 is 2.06 bits per heavy atom. The molecular formula is C12H13ClO3. The number of aliphatic carboxylic acids is 1. The molecule has 0 radical (unpaired) electrons. The van der Waals surface area contributed by atoms with Gasteiger partial charge in [0.1, 0.15) is 5.38 Å². The van der Waals surface area contributed by atoms with E-state index in [1.807, 2.05) is 13.0 Å². The number of rotatable bonds is 4. The van der Waals surface area contributed by atoms with Crippen molar-refractivity contribution < 1.29 is 14.7 Å². The summed E-state index contributed by atoms with van der Waals surface area (Å²) in [7, 11) is 0. The van der Waals surface area contributed by atoms with Crippen LogP contribution in [0.15, 0.2) is 18.2 Å². The van der Waals surface area contributed by atoms with Crippen molar-refractivity contribution in [3.63, 3.8) is 0 Å². The third kappa shape index (κ3) is 2.83. The van der Waals surface area contributed by atoms with E-state index in [1.165, 1.54) is 6.92 Å². The Balaban J connectivity index is 3.22. The predicted molar refractivity (Wildman–Crippen MR) is 61.8 cm³/mol. The quantitative estimate of drug-likeness (QED) is 0.823. The van der Waals surface area contributed by atoms with E-state index < -0.39 is 11.3 Å². The van der Waals surface area contributed by atoms with E-state index in [0.29, 0.717) is 11.1 Å². The smallest absolute Gasteiger partial charge is 0.307 e. The molecule has 1 unspecified atom stereocenters. The maximum Gasteiger partial charge on any atom is 0.307 e. The Hall–Kier alpha value is -1.35. The first-order valence-corrected chi connectivity index (χ1v) is 5.31. The van der Waals surface area contributed by atoms with Crippen molar-refractivity contribution in [2.75, 3.05) is 0 Å². The molecule has 86 valence electrons. The molecule has 4 heteroatoms. The van der Waals surface area contributed by atoms with Gasteiger partial charge in [0.05, 0.1) is 6.42 Å². The molecular weight excluding hydrogens is 228 g/mol. The third-order valence-corrected chi connectivity index (χ3v) is 2.89. The van der Waals surface area contributed by atoms with Crippen LogP contribution in [0.5, 0.6) is 0 Å². The molecule has 0 amide bonds. The number of halogens is 1. The van der Waals surface area contributed by atoms with E-state index in [1.54, 1.807) is 12.1 Å². The Bertz CT molecular complexity index is 426. The molecule has 0 bridgehead atoms. The van der Waals surface area contributed by atoms with Gasteiger partial charge >= 0.3 is 5.97 Å².